The first kappa shape index (κ1) is 14.4. The third-order valence-electron chi connectivity index (χ3n) is 3.55. The minimum atomic E-state index is -0.211. The molecule has 8 heteroatoms. The van der Waals surface area contributed by atoms with Gasteiger partial charge >= 0.3 is 6.03 Å². The van der Waals surface area contributed by atoms with Gasteiger partial charge in [-0.05, 0) is 36.8 Å². The van der Waals surface area contributed by atoms with E-state index in [1.807, 2.05) is 18.4 Å². The van der Waals surface area contributed by atoms with Crippen LogP contribution < -0.4 is 5.32 Å². The molecule has 0 aromatic carbocycles. The fraction of sp³-hybridized carbons (Fsp3) is 0.462. The molecule has 3 rings (SSSR count). The molecule has 0 bridgehead atoms. The molecule has 2 amide bonds. The summed E-state index contributed by atoms with van der Waals surface area (Å²) in [6.45, 7) is 2.69. The van der Waals surface area contributed by atoms with E-state index in [9.17, 15) is 9.90 Å². The molecule has 21 heavy (non-hydrogen) atoms. The van der Waals surface area contributed by atoms with Gasteiger partial charge in [-0.2, -0.15) is 9.36 Å². The van der Waals surface area contributed by atoms with E-state index in [0.717, 1.165) is 23.3 Å². The molecule has 0 radical (unpaired) electrons. The van der Waals surface area contributed by atoms with Gasteiger partial charge in [-0.1, -0.05) is 0 Å². The van der Waals surface area contributed by atoms with Crippen LogP contribution in [0.4, 0.5) is 9.93 Å². The lowest BCUT2D eigenvalue weighted by Crippen LogP contribution is -2.40. The maximum atomic E-state index is 12.2. The van der Waals surface area contributed by atoms with Crippen molar-refractivity contribution in [3.63, 3.8) is 0 Å². The Morgan fingerprint density at radius 3 is 3.19 bits per heavy atom. The Hall–Kier alpha value is -1.51. The first-order valence-electron chi connectivity index (χ1n) is 6.75. The summed E-state index contributed by atoms with van der Waals surface area (Å²) < 4.78 is 4.30. The van der Waals surface area contributed by atoms with Gasteiger partial charge in [0.25, 0.3) is 0 Å². The fourth-order valence-corrected chi connectivity index (χ4v) is 3.91. The van der Waals surface area contributed by atoms with E-state index in [2.05, 4.69) is 14.7 Å². The molecule has 2 aromatic heterocycles. The Balaban J connectivity index is 1.70. The van der Waals surface area contributed by atoms with Crippen LogP contribution >= 0.6 is 22.9 Å². The first-order chi connectivity index (χ1) is 10.2. The largest absolute Gasteiger partial charge is 0.394 e. The molecule has 0 spiro atoms. The number of hydrogen-bond donors (Lipinski definition) is 2. The van der Waals surface area contributed by atoms with Crippen LogP contribution in [0, 0.1) is 6.92 Å². The Morgan fingerprint density at radius 2 is 2.48 bits per heavy atom. The SMILES string of the molecule is Cc1ccsc1-c1nsc(NC(=O)N2CCCC2CO)n1. The number of aliphatic hydroxyl groups is 1. The van der Waals surface area contributed by atoms with Gasteiger partial charge in [-0.3, -0.25) is 5.32 Å². The second kappa shape index (κ2) is 6.08. The monoisotopic (exact) mass is 324 g/mol. The number of likely N-dealkylation sites (tertiary alicyclic amines) is 1. The maximum absolute atomic E-state index is 12.2. The molecule has 2 aromatic rings. The Kier molecular flexibility index (Phi) is 4.18. The Bertz CT molecular complexity index is 640. The maximum Gasteiger partial charge on any atom is 0.324 e. The molecule has 1 aliphatic heterocycles. The van der Waals surface area contributed by atoms with E-state index in [1.54, 1.807) is 16.2 Å². The number of aromatic nitrogens is 2. The lowest BCUT2D eigenvalue weighted by molar-refractivity contribution is 0.166. The van der Waals surface area contributed by atoms with Crippen LogP contribution in [0.3, 0.4) is 0 Å². The highest BCUT2D eigenvalue weighted by atomic mass is 32.1. The smallest absolute Gasteiger partial charge is 0.324 e. The minimum Gasteiger partial charge on any atom is -0.394 e. The van der Waals surface area contributed by atoms with Crippen LogP contribution in [0.5, 0.6) is 0 Å². The Labute approximate surface area is 130 Å². The highest BCUT2D eigenvalue weighted by Crippen LogP contribution is 2.29. The zero-order valence-electron chi connectivity index (χ0n) is 11.6. The summed E-state index contributed by atoms with van der Waals surface area (Å²) in [6, 6.07) is 1.73. The van der Waals surface area contributed by atoms with Crippen LogP contribution in [0.25, 0.3) is 10.7 Å². The molecular formula is C13H16N4O2S2. The normalized spacial score (nSPS) is 18.2. The molecule has 0 saturated carbocycles. The molecule has 6 nitrogen and oxygen atoms in total. The van der Waals surface area contributed by atoms with Gasteiger partial charge in [-0.15, -0.1) is 11.3 Å². The number of carbonyl (C=O) groups is 1. The predicted octanol–water partition coefficient (Wildman–Crippen LogP) is 2.56. The Morgan fingerprint density at radius 1 is 1.62 bits per heavy atom. The number of urea groups is 1. The first-order valence-corrected chi connectivity index (χ1v) is 8.41. The van der Waals surface area contributed by atoms with Crippen molar-refractivity contribution in [3.05, 3.63) is 17.0 Å². The molecule has 1 saturated heterocycles. The van der Waals surface area contributed by atoms with Crippen molar-refractivity contribution >= 4 is 34.0 Å². The number of thiophene rings is 1. The molecular weight excluding hydrogens is 308 g/mol. The van der Waals surface area contributed by atoms with E-state index < -0.39 is 0 Å². The van der Waals surface area contributed by atoms with Gasteiger partial charge in [-0.25, -0.2) is 4.79 Å². The summed E-state index contributed by atoms with van der Waals surface area (Å²) in [5.74, 6) is 0.655. The number of hydrogen-bond acceptors (Lipinski definition) is 6. The number of anilines is 1. The summed E-state index contributed by atoms with van der Waals surface area (Å²) in [5.41, 5.74) is 1.13. The van der Waals surface area contributed by atoms with Crippen LogP contribution in [-0.2, 0) is 0 Å². The van der Waals surface area contributed by atoms with Crippen LogP contribution in [0.15, 0.2) is 11.4 Å². The van der Waals surface area contributed by atoms with Crippen molar-refractivity contribution in [1.29, 1.82) is 0 Å². The van der Waals surface area contributed by atoms with Crippen LogP contribution in [0.1, 0.15) is 18.4 Å². The molecule has 2 N–H and O–H groups in total. The number of amides is 2. The van der Waals surface area contributed by atoms with Crippen molar-refractivity contribution in [2.75, 3.05) is 18.5 Å². The highest BCUT2D eigenvalue weighted by Gasteiger charge is 2.28. The van der Waals surface area contributed by atoms with E-state index in [4.69, 9.17) is 0 Å². The van der Waals surface area contributed by atoms with Crippen molar-refractivity contribution in [3.8, 4) is 10.7 Å². The van der Waals surface area contributed by atoms with Gasteiger partial charge in [0.15, 0.2) is 5.82 Å². The van der Waals surface area contributed by atoms with Gasteiger partial charge < -0.3 is 10.0 Å². The zero-order chi connectivity index (χ0) is 14.8. The standard InChI is InChI=1S/C13H16N4O2S2/c1-8-4-6-20-10(8)11-14-12(21-16-11)15-13(19)17-5-2-3-9(17)7-18/h4,6,9,18H,2-3,5,7H2,1H3,(H,14,15,16,19). The van der Waals surface area contributed by atoms with Crippen molar-refractivity contribution in [2.24, 2.45) is 0 Å². The van der Waals surface area contributed by atoms with Gasteiger partial charge in [0.2, 0.25) is 5.13 Å². The van der Waals surface area contributed by atoms with Crippen molar-refractivity contribution in [1.82, 2.24) is 14.3 Å². The lowest BCUT2D eigenvalue weighted by atomic mass is 10.2. The zero-order valence-corrected chi connectivity index (χ0v) is 13.2. The molecule has 1 fully saturated rings. The molecule has 1 unspecified atom stereocenters. The van der Waals surface area contributed by atoms with Gasteiger partial charge in [0.1, 0.15) is 0 Å². The van der Waals surface area contributed by atoms with Crippen LogP contribution in [-0.4, -0.2) is 44.6 Å². The van der Waals surface area contributed by atoms with Crippen LogP contribution in [0.2, 0.25) is 0 Å². The summed E-state index contributed by atoms with van der Waals surface area (Å²) in [6.07, 6.45) is 1.77. The molecule has 1 aliphatic rings. The quantitative estimate of drug-likeness (QED) is 0.909. The topological polar surface area (TPSA) is 78.4 Å². The molecule has 112 valence electrons. The van der Waals surface area contributed by atoms with Crippen molar-refractivity contribution < 1.29 is 9.90 Å². The molecule has 1 atom stereocenters. The number of carbonyl (C=O) groups excluding carboxylic acids is 1. The van der Waals surface area contributed by atoms with Gasteiger partial charge in [0, 0.05) is 18.1 Å². The number of aliphatic hydroxyl groups excluding tert-OH is 1. The summed E-state index contributed by atoms with van der Waals surface area (Å²) >= 11 is 2.77. The second-order valence-electron chi connectivity index (χ2n) is 4.96. The lowest BCUT2D eigenvalue weighted by Gasteiger charge is -2.22. The molecule has 0 aliphatic carbocycles. The van der Waals surface area contributed by atoms with E-state index >= 15 is 0 Å². The van der Waals surface area contributed by atoms with E-state index in [1.165, 1.54) is 11.5 Å². The second-order valence-corrected chi connectivity index (χ2v) is 6.63. The average Bonchev–Trinajstić information content (AvgIpc) is 3.17. The van der Waals surface area contributed by atoms with Gasteiger partial charge in [0.05, 0.1) is 17.5 Å². The average molecular weight is 324 g/mol. The van der Waals surface area contributed by atoms with E-state index in [0.29, 0.717) is 17.5 Å². The summed E-state index contributed by atoms with van der Waals surface area (Å²) in [5, 5.41) is 14.5. The minimum absolute atomic E-state index is 0.00315. The number of nitrogens with one attached hydrogen (secondary N) is 1. The van der Waals surface area contributed by atoms with Crippen molar-refractivity contribution in [2.45, 2.75) is 25.8 Å². The number of rotatable bonds is 3. The third-order valence-corrected chi connectivity index (χ3v) is 5.20. The number of nitrogens with zero attached hydrogens (tertiary/aromatic N) is 3. The third kappa shape index (κ3) is 2.92. The van der Waals surface area contributed by atoms with E-state index in [-0.39, 0.29) is 18.7 Å². The fourth-order valence-electron chi connectivity index (χ4n) is 2.42. The molecule has 3 heterocycles. The summed E-state index contributed by atoms with van der Waals surface area (Å²) in [7, 11) is 0. The number of aryl methyl sites for hydroxylation is 1. The predicted molar refractivity (Wildman–Crippen MR) is 83.8 cm³/mol. The highest BCUT2D eigenvalue weighted by molar-refractivity contribution is 7.14. The summed E-state index contributed by atoms with van der Waals surface area (Å²) in [4.78, 5) is 19.3.